The van der Waals surface area contributed by atoms with Gasteiger partial charge in [0.05, 0.1) is 11.3 Å². The smallest absolute Gasteiger partial charge is 0.255 e. The first-order valence-electron chi connectivity index (χ1n) is 9.66. The molecule has 0 unspecified atom stereocenters. The van der Waals surface area contributed by atoms with Crippen LogP contribution in [0.25, 0.3) is 0 Å². The third-order valence-electron chi connectivity index (χ3n) is 4.86. The number of amides is 1. The molecule has 1 fully saturated rings. The van der Waals surface area contributed by atoms with Gasteiger partial charge in [-0.15, -0.1) is 0 Å². The lowest BCUT2D eigenvalue weighted by atomic mass is 10.2. The molecule has 1 aromatic heterocycles. The number of nitrogens with one attached hydrogen (secondary N) is 1. The number of piperazine rings is 1. The molecule has 6 nitrogen and oxygen atoms in total. The fraction of sp³-hybridized carbons (Fsp3) is 0.429. The summed E-state index contributed by atoms with van der Waals surface area (Å²) >= 11 is 0. The average Bonchev–Trinajstić information content (AvgIpc) is 2.71. The first-order chi connectivity index (χ1) is 13.5. The van der Waals surface area contributed by atoms with Crippen LogP contribution >= 0.6 is 0 Å². The summed E-state index contributed by atoms with van der Waals surface area (Å²) in [5.41, 5.74) is 2.46. The summed E-state index contributed by atoms with van der Waals surface area (Å²) in [6, 6.07) is 8.37. The fourth-order valence-electron chi connectivity index (χ4n) is 3.28. The van der Waals surface area contributed by atoms with Crippen LogP contribution in [0, 0.1) is 5.82 Å². The molecule has 150 valence electrons. The molecule has 0 atom stereocenters. The molecule has 1 amide bonds. The van der Waals surface area contributed by atoms with Gasteiger partial charge in [0.15, 0.2) is 0 Å². The van der Waals surface area contributed by atoms with Crippen LogP contribution in [-0.2, 0) is 0 Å². The van der Waals surface area contributed by atoms with Gasteiger partial charge in [-0.1, -0.05) is 0 Å². The molecule has 2 aromatic rings. The van der Waals surface area contributed by atoms with Crippen LogP contribution in [0.1, 0.15) is 16.8 Å². The Hall–Kier alpha value is -2.67. The number of carbonyl (C=O) groups excluding carboxylic acids is 1. The average molecular weight is 385 g/mol. The van der Waals surface area contributed by atoms with Gasteiger partial charge in [-0.3, -0.25) is 9.78 Å². The molecule has 28 heavy (non-hydrogen) atoms. The Balaban J connectivity index is 1.53. The fourth-order valence-corrected chi connectivity index (χ4v) is 3.28. The molecule has 2 heterocycles. The Morgan fingerprint density at radius 1 is 1.14 bits per heavy atom. The second kappa shape index (κ2) is 9.50. The number of halogens is 1. The Morgan fingerprint density at radius 2 is 1.86 bits per heavy atom. The second-order valence-corrected chi connectivity index (χ2v) is 7.30. The van der Waals surface area contributed by atoms with Gasteiger partial charge in [-0.2, -0.15) is 0 Å². The van der Waals surface area contributed by atoms with Crippen LogP contribution in [-0.4, -0.2) is 74.1 Å². The lowest BCUT2D eigenvalue weighted by Crippen LogP contribution is -2.48. The minimum atomic E-state index is -0.236. The Bertz CT molecular complexity index is 773. The van der Waals surface area contributed by atoms with Crippen molar-refractivity contribution in [2.45, 2.75) is 6.42 Å². The van der Waals surface area contributed by atoms with Gasteiger partial charge >= 0.3 is 0 Å². The summed E-state index contributed by atoms with van der Waals surface area (Å²) in [6.07, 6.45) is 4.40. The number of benzene rings is 1. The van der Waals surface area contributed by atoms with E-state index in [9.17, 15) is 9.18 Å². The highest BCUT2D eigenvalue weighted by molar-refractivity contribution is 5.95. The number of nitrogens with zero attached hydrogens (tertiary/aromatic N) is 4. The van der Waals surface area contributed by atoms with E-state index < -0.39 is 0 Å². The van der Waals surface area contributed by atoms with Crippen molar-refractivity contribution in [2.75, 3.05) is 63.6 Å². The summed E-state index contributed by atoms with van der Waals surface area (Å²) in [6.45, 7) is 4.58. The predicted molar refractivity (Wildman–Crippen MR) is 110 cm³/mol. The number of anilines is 2. The molecule has 0 aliphatic carbocycles. The monoisotopic (exact) mass is 385 g/mol. The van der Waals surface area contributed by atoms with Gasteiger partial charge in [0, 0.05) is 50.8 Å². The number of rotatable bonds is 7. The number of aromatic nitrogens is 1. The van der Waals surface area contributed by atoms with Gasteiger partial charge in [0.1, 0.15) is 5.82 Å². The summed E-state index contributed by atoms with van der Waals surface area (Å²) in [5, 5.41) is 3.33. The first kappa shape index (κ1) is 20.1. The van der Waals surface area contributed by atoms with Gasteiger partial charge in [-0.05, 0) is 57.4 Å². The molecule has 0 spiro atoms. The van der Waals surface area contributed by atoms with Crippen molar-refractivity contribution < 1.29 is 9.18 Å². The lowest BCUT2D eigenvalue weighted by Gasteiger charge is -2.36. The maximum Gasteiger partial charge on any atom is 0.255 e. The van der Waals surface area contributed by atoms with Crippen molar-refractivity contribution in [3.63, 3.8) is 0 Å². The Labute approximate surface area is 166 Å². The van der Waals surface area contributed by atoms with Crippen molar-refractivity contribution in [1.29, 1.82) is 0 Å². The van der Waals surface area contributed by atoms with Crippen molar-refractivity contribution in [2.24, 2.45) is 0 Å². The molecule has 1 aromatic carbocycles. The topological polar surface area (TPSA) is 51.7 Å². The molecular weight excluding hydrogens is 357 g/mol. The van der Waals surface area contributed by atoms with Crippen molar-refractivity contribution in [1.82, 2.24) is 14.8 Å². The highest BCUT2D eigenvalue weighted by Crippen LogP contribution is 2.18. The molecule has 1 saturated heterocycles. The minimum Gasteiger partial charge on any atom is -0.384 e. The molecule has 0 radical (unpaired) electrons. The van der Waals surface area contributed by atoms with Crippen LogP contribution in [0.15, 0.2) is 42.7 Å². The zero-order valence-corrected chi connectivity index (χ0v) is 16.6. The predicted octanol–water partition coefficient (Wildman–Crippen LogP) is 2.55. The van der Waals surface area contributed by atoms with E-state index in [1.54, 1.807) is 24.5 Å². The summed E-state index contributed by atoms with van der Waals surface area (Å²) in [4.78, 5) is 23.2. The van der Waals surface area contributed by atoms with Crippen LogP contribution in [0.3, 0.4) is 0 Å². The standard InChI is InChI=1S/C21H28FN5O/c1-25(2)9-3-8-24-19-14-17(15-23-16-19)21(28)27-12-10-26(11-13-27)20-6-4-18(22)5-7-20/h4-7,14-16,24H,3,8-13H2,1-2H3. The summed E-state index contributed by atoms with van der Waals surface area (Å²) < 4.78 is 13.1. The van der Waals surface area contributed by atoms with Gasteiger partial charge < -0.3 is 20.0 Å². The molecule has 3 rings (SSSR count). The number of hydrogen-bond donors (Lipinski definition) is 1. The van der Waals surface area contributed by atoms with Gasteiger partial charge in [0.25, 0.3) is 5.91 Å². The van der Waals surface area contributed by atoms with Gasteiger partial charge in [0.2, 0.25) is 0 Å². The van der Waals surface area contributed by atoms with Crippen LogP contribution < -0.4 is 10.2 Å². The molecule has 1 aliphatic rings. The van der Waals surface area contributed by atoms with E-state index >= 15 is 0 Å². The van der Waals surface area contributed by atoms with E-state index in [0.717, 1.165) is 44.0 Å². The van der Waals surface area contributed by atoms with E-state index in [0.29, 0.717) is 18.7 Å². The Kier molecular flexibility index (Phi) is 6.81. The maximum absolute atomic E-state index is 13.1. The Morgan fingerprint density at radius 3 is 2.54 bits per heavy atom. The normalized spacial score (nSPS) is 14.4. The van der Waals surface area contributed by atoms with Crippen molar-refractivity contribution >= 4 is 17.3 Å². The number of pyridine rings is 1. The highest BCUT2D eigenvalue weighted by Gasteiger charge is 2.22. The molecule has 1 aliphatic heterocycles. The largest absolute Gasteiger partial charge is 0.384 e. The highest BCUT2D eigenvalue weighted by atomic mass is 19.1. The summed E-state index contributed by atoms with van der Waals surface area (Å²) in [7, 11) is 4.10. The number of carbonyl (C=O) groups is 1. The zero-order chi connectivity index (χ0) is 19.9. The first-order valence-corrected chi connectivity index (χ1v) is 9.66. The second-order valence-electron chi connectivity index (χ2n) is 7.30. The molecular formula is C21H28FN5O. The van der Waals surface area contributed by atoms with E-state index in [1.165, 1.54) is 12.1 Å². The molecule has 0 saturated carbocycles. The lowest BCUT2D eigenvalue weighted by molar-refractivity contribution is 0.0746. The van der Waals surface area contributed by atoms with E-state index in [4.69, 9.17) is 0 Å². The van der Waals surface area contributed by atoms with Crippen LogP contribution in [0.4, 0.5) is 15.8 Å². The third kappa shape index (κ3) is 5.42. The zero-order valence-electron chi connectivity index (χ0n) is 16.6. The van der Waals surface area contributed by atoms with Crippen LogP contribution in [0.2, 0.25) is 0 Å². The van der Waals surface area contributed by atoms with E-state index in [-0.39, 0.29) is 11.7 Å². The molecule has 1 N–H and O–H groups in total. The quantitative estimate of drug-likeness (QED) is 0.743. The summed E-state index contributed by atoms with van der Waals surface area (Å²) in [5.74, 6) is -0.233. The van der Waals surface area contributed by atoms with E-state index in [2.05, 4.69) is 34.2 Å². The van der Waals surface area contributed by atoms with Crippen LogP contribution in [0.5, 0.6) is 0 Å². The van der Waals surface area contributed by atoms with Gasteiger partial charge in [-0.25, -0.2) is 4.39 Å². The van der Waals surface area contributed by atoms with E-state index in [1.807, 2.05) is 11.0 Å². The maximum atomic E-state index is 13.1. The van der Waals surface area contributed by atoms with Crippen molar-refractivity contribution in [3.8, 4) is 0 Å². The molecule has 7 heteroatoms. The number of hydrogen-bond acceptors (Lipinski definition) is 5. The van der Waals surface area contributed by atoms with Crippen molar-refractivity contribution in [3.05, 3.63) is 54.1 Å². The minimum absolute atomic E-state index is 0.00296. The molecule has 0 bridgehead atoms. The third-order valence-corrected chi connectivity index (χ3v) is 4.86. The SMILES string of the molecule is CN(C)CCCNc1cncc(C(=O)N2CCN(c3ccc(F)cc3)CC2)c1.